The van der Waals surface area contributed by atoms with Crippen molar-refractivity contribution in [3.63, 3.8) is 0 Å². The lowest BCUT2D eigenvalue weighted by Gasteiger charge is -2.08. The van der Waals surface area contributed by atoms with Gasteiger partial charge in [-0.2, -0.15) is 0 Å². The van der Waals surface area contributed by atoms with Gasteiger partial charge < -0.3 is 14.8 Å². The number of allylic oxidation sites excluding steroid dienone is 1. The van der Waals surface area contributed by atoms with Crippen LogP contribution in [0.3, 0.4) is 0 Å². The monoisotopic (exact) mass is 299 g/mol. The molecule has 0 saturated carbocycles. The number of carbonyl (C=O) groups is 1. The van der Waals surface area contributed by atoms with Gasteiger partial charge in [-0.05, 0) is 36.8 Å². The van der Waals surface area contributed by atoms with Gasteiger partial charge in [-0.25, -0.2) is 0 Å². The molecule has 2 aromatic rings. The number of aromatic nitrogens is 1. The van der Waals surface area contributed by atoms with E-state index in [0.29, 0.717) is 5.69 Å². The standard InChI is InChI=1S/C17H17NO4/c1-3-4-12-9-11(6-8-15(12)22-2)14-7-5-13(10-16(19)20)17(21)18-14/h3-9H,10H2,1-2H3,(H,18,21)(H,19,20). The van der Waals surface area contributed by atoms with Crippen molar-refractivity contribution in [1.82, 2.24) is 4.98 Å². The van der Waals surface area contributed by atoms with Crippen LogP contribution in [-0.2, 0) is 11.2 Å². The topological polar surface area (TPSA) is 79.4 Å². The molecule has 0 atom stereocenters. The third-order valence-corrected chi connectivity index (χ3v) is 3.22. The molecular weight excluding hydrogens is 282 g/mol. The Morgan fingerprint density at radius 3 is 2.68 bits per heavy atom. The Hall–Kier alpha value is -2.82. The third-order valence-electron chi connectivity index (χ3n) is 3.22. The van der Waals surface area contributed by atoms with Crippen molar-refractivity contribution < 1.29 is 14.6 Å². The summed E-state index contributed by atoms with van der Waals surface area (Å²) >= 11 is 0. The quantitative estimate of drug-likeness (QED) is 0.889. The number of hydrogen-bond acceptors (Lipinski definition) is 3. The van der Waals surface area contributed by atoms with E-state index in [1.807, 2.05) is 37.3 Å². The smallest absolute Gasteiger partial charge is 0.308 e. The lowest BCUT2D eigenvalue weighted by Crippen LogP contribution is -2.16. The Labute approximate surface area is 127 Å². The van der Waals surface area contributed by atoms with Gasteiger partial charge >= 0.3 is 5.97 Å². The number of aromatic amines is 1. The minimum Gasteiger partial charge on any atom is -0.496 e. The second-order valence-corrected chi connectivity index (χ2v) is 4.75. The van der Waals surface area contributed by atoms with Crippen molar-refractivity contribution in [3.05, 3.63) is 57.9 Å². The van der Waals surface area contributed by atoms with Crippen molar-refractivity contribution in [1.29, 1.82) is 0 Å². The van der Waals surface area contributed by atoms with E-state index in [1.165, 1.54) is 0 Å². The molecule has 5 nitrogen and oxygen atoms in total. The van der Waals surface area contributed by atoms with Crippen LogP contribution in [0.1, 0.15) is 18.1 Å². The molecule has 0 aliphatic heterocycles. The summed E-state index contributed by atoms with van der Waals surface area (Å²) in [6.07, 6.45) is 3.53. The van der Waals surface area contributed by atoms with E-state index in [9.17, 15) is 9.59 Å². The largest absolute Gasteiger partial charge is 0.496 e. The zero-order valence-corrected chi connectivity index (χ0v) is 12.4. The highest BCUT2D eigenvalue weighted by molar-refractivity contribution is 5.71. The molecule has 0 bridgehead atoms. The van der Waals surface area contributed by atoms with Gasteiger partial charge in [0.05, 0.1) is 13.5 Å². The van der Waals surface area contributed by atoms with E-state index in [-0.39, 0.29) is 17.5 Å². The molecule has 0 amide bonds. The molecule has 114 valence electrons. The summed E-state index contributed by atoms with van der Waals surface area (Å²) in [5.41, 5.74) is 2.21. The summed E-state index contributed by atoms with van der Waals surface area (Å²) in [6, 6.07) is 8.83. The predicted molar refractivity (Wildman–Crippen MR) is 85.1 cm³/mol. The van der Waals surface area contributed by atoms with Gasteiger partial charge in [0.2, 0.25) is 0 Å². The zero-order chi connectivity index (χ0) is 16.1. The van der Waals surface area contributed by atoms with E-state index in [1.54, 1.807) is 19.2 Å². The molecule has 0 saturated heterocycles. The van der Waals surface area contributed by atoms with Crippen molar-refractivity contribution in [3.8, 4) is 17.0 Å². The SMILES string of the molecule is CC=Cc1cc(-c2ccc(CC(=O)O)c(=O)[nH]2)ccc1OC. The van der Waals surface area contributed by atoms with Gasteiger partial charge in [0.1, 0.15) is 5.75 Å². The van der Waals surface area contributed by atoms with E-state index in [4.69, 9.17) is 9.84 Å². The summed E-state index contributed by atoms with van der Waals surface area (Å²) < 4.78 is 5.29. The zero-order valence-electron chi connectivity index (χ0n) is 12.4. The maximum atomic E-state index is 11.9. The van der Waals surface area contributed by atoms with E-state index < -0.39 is 5.97 Å². The lowest BCUT2D eigenvalue weighted by atomic mass is 10.0. The molecule has 1 aromatic heterocycles. The molecule has 2 rings (SSSR count). The molecule has 0 radical (unpaired) electrons. The van der Waals surface area contributed by atoms with Crippen LogP contribution >= 0.6 is 0 Å². The molecule has 0 aliphatic carbocycles. The molecule has 0 fully saturated rings. The Morgan fingerprint density at radius 1 is 1.32 bits per heavy atom. The minimum absolute atomic E-state index is 0.235. The van der Waals surface area contributed by atoms with Crippen molar-refractivity contribution in [2.45, 2.75) is 13.3 Å². The number of hydrogen-bond donors (Lipinski definition) is 2. The van der Waals surface area contributed by atoms with Crippen LogP contribution in [0, 0.1) is 0 Å². The molecule has 5 heteroatoms. The lowest BCUT2D eigenvalue weighted by molar-refractivity contribution is -0.136. The Bertz CT molecular complexity index is 774. The Balaban J connectivity index is 2.44. The maximum absolute atomic E-state index is 11.9. The van der Waals surface area contributed by atoms with Gasteiger partial charge in [0.15, 0.2) is 0 Å². The molecule has 0 aliphatic rings. The van der Waals surface area contributed by atoms with E-state index in [2.05, 4.69) is 4.98 Å². The number of methoxy groups -OCH3 is 1. The first kappa shape index (κ1) is 15.6. The van der Waals surface area contributed by atoms with Gasteiger partial charge in [0, 0.05) is 16.8 Å². The van der Waals surface area contributed by atoms with Gasteiger partial charge in [0.25, 0.3) is 5.56 Å². The summed E-state index contributed by atoms with van der Waals surface area (Å²) in [4.78, 5) is 25.3. The molecular formula is C17H17NO4. The van der Waals surface area contributed by atoms with Gasteiger partial charge in [-0.1, -0.05) is 18.2 Å². The number of H-pyrrole nitrogens is 1. The minimum atomic E-state index is -1.03. The van der Waals surface area contributed by atoms with E-state index in [0.717, 1.165) is 16.9 Å². The van der Waals surface area contributed by atoms with Crippen LogP contribution in [0.4, 0.5) is 0 Å². The fourth-order valence-corrected chi connectivity index (χ4v) is 2.19. The van der Waals surface area contributed by atoms with Crippen molar-refractivity contribution in [2.75, 3.05) is 7.11 Å². The average Bonchev–Trinajstić information content (AvgIpc) is 2.49. The summed E-state index contributed by atoms with van der Waals surface area (Å²) in [5.74, 6) is -0.287. The summed E-state index contributed by atoms with van der Waals surface area (Å²) in [7, 11) is 1.60. The number of benzene rings is 1. The van der Waals surface area contributed by atoms with Gasteiger partial charge in [-0.15, -0.1) is 0 Å². The predicted octanol–water partition coefficient (Wildman–Crippen LogP) is 2.71. The normalized spacial score (nSPS) is 10.8. The fourth-order valence-electron chi connectivity index (χ4n) is 2.19. The van der Waals surface area contributed by atoms with Crippen LogP contribution in [0.15, 0.2) is 41.2 Å². The summed E-state index contributed by atoms with van der Waals surface area (Å²) in [5, 5.41) is 8.76. The second kappa shape index (κ2) is 6.76. The number of rotatable bonds is 5. The first-order valence-corrected chi connectivity index (χ1v) is 6.80. The molecule has 2 N–H and O–H groups in total. The molecule has 22 heavy (non-hydrogen) atoms. The van der Waals surface area contributed by atoms with Crippen molar-refractivity contribution >= 4 is 12.0 Å². The van der Waals surface area contributed by atoms with Crippen LogP contribution in [0.25, 0.3) is 17.3 Å². The number of aliphatic carboxylic acids is 1. The number of nitrogens with one attached hydrogen (secondary N) is 1. The highest BCUT2D eigenvalue weighted by Gasteiger charge is 2.08. The van der Waals surface area contributed by atoms with Crippen LogP contribution < -0.4 is 10.3 Å². The highest BCUT2D eigenvalue weighted by atomic mass is 16.5. The molecule has 0 unspecified atom stereocenters. The molecule has 1 heterocycles. The number of carboxylic acid groups (broad SMARTS) is 1. The third kappa shape index (κ3) is 3.44. The maximum Gasteiger partial charge on any atom is 0.308 e. The number of pyridine rings is 1. The Kier molecular flexibility index (Phi) is 4.78. The molecule has 0 spiro atoms. The summed E-state index contributed by atoms with van der Waals surface area (Å²) in [6.45, 7) is 1.91. The first-order valence-electron chi connectivity index (χ1n) is 6.80. The van der Waals surface area contributed by atoms with Crippen molar-refractivity contribution in [2.24, 2.45) is 0 Å². The van der Waals surface area contributed by atoms with Crippen LogP contribution in [-0.4, -0.2) is 23.2 Å². The molecule has 1 aromatic carbocycles. The second-order valence-electron chi connectivity index (χ2n) is 4.75. The fraction of sp³-hybridized carbons (Fsp3) is 0.176. The first-order chi connectivity index (χ1) is 10.5. The average molecular weight is 299 g/mol. The Morgan fingerprint density at radius 2 is 2.09 bits per heavy atom. The number of ether oxygens (including phenoxy) is 1. The number of carboxylic acids is 1. The van der Waals surface area contributed by atoms with Gasteiger partial charge in [-0.3, -0.25) is 9.59 Å². The highest BCUT2D eigenvalue weighted by Crippen LogP contribution is 2.26. The van der Waals surface area contributed by atoms with Crippen LogP contribution in [0.5, 0.6) is 5.75 Å². The van der Waals surface area contributed by atoms with Crippen LogP contribution in [0.2, 0.25) is 0 Å². The van der Waals surface area contributed by atoms with E-state index >= 15 is 0 Å².